The molecule has 0 fully saturated rings. The minimum Gasteiger partial charge on any atom is -0.420 e. The predicted octanol–water partition coefficient (Wildman–Crippen LogP) is 5.03. The Labute approximate surface area is 192 Å². The number of pyridine rings is 2. The molecule has 1 aromatic carbocycles. The van der Waals surface area contributed by atoms with Crippen LogP contribution in [0.4, 0.5) is 0 Å². The first-order chi connectivity index (χ1) is 15.7. The normalized spacial score (nSPS) is 11.1. The number of rotatable bonds is 6. The second-order valence-electron chi connectivity index (χ2n) is 6.86. The number of thioether (sulfide) groups is 1. The molecule has 4 aromatic heterocycles. The SMILES string of the molecule is Cc1ccc(-c2nnc(CSc3nnc(-c4ccncc4)n3-c3ccncc3Cl)o2)cc1. The first-order valence-corrected chi connectivity index (χ1v) is 11.0. The zero-order chi connectivity index (χ0) is 21.9. The Morgan fingerprint density at radius 1 is 0.875 bits per heavy atom. The summed E-state index contributed by atoms with van der Waals surface area (Å²) < 4.78 is 7.74. The van der Waals surface area contributed by atoms with E-state index in [2.05, 4.69) is 30.4 Å². The second kappa shape index (κ2) is 8.89. The molecular weight excluding hydrogens is 446 g/mol. The monoisotopic (exact) mass is 461 g/mol. The van der Waals surface area contributed by atoms with Crippen LogP contribution in [0.15, 0.2) is 76.8 Å². The van der Waals surface area contributed by atoms with Gasteiger partial charge in [0.25, 0.3) is 0 Å². The van der Waals surface area contributed by atoms with Crippen molar-refractivity contribution >= 4 is 23.4 Å². The minimum absolute atomic E-state index is 0.427. The van der Waals surface area contributed by atoms with Gasteiger partial charge in [-0.3, -0.25) is 14.5 Å². The molecule has 5 rings (SSSR count). The van der Waals surface area contributed by atoms with Crippen LogP contribution >= 0.6 is 23.4 Å². The molecule has 0 spiro atoms. The molecule has 0 aliphatic heterocycles. The van der Waals surface area contributed by atoms with E-state index in [0.29, 0.717) is 33.5 Å². The Morgan fingerprint density at radius 3 is 2.44 bits per heavy atom. The Bertz CT molecular complexity index is 1350. The zero-order valence-electron chi connectivity index (χ0n) is 16.9. The van der Waals surface area contributed by atoms with Crippen molar-refractivity contribution in [2.75, 3.05) is 0 Å². The smallest absolute Gasteiger partial charge is 0.247 e. The largest absolute Gasteiger partial charge is 0.420 e. The van der Waals surface area contributed by atoms with E-state index in [0.717, 1.165) is 16.8 Å². The van der Waals surface area contributed by atoms with Crippen molar-refractivity contribution in [3.8, 4) is 28.5 Å². The second-order valence-corrected chi connectivity index (χ2v) is 8.21. The molecule has 0 saturated carbocycles. The molecule has 0 saturated heterocycles. The van der Waals surface area contributed by atoms with E-state index in [4.69, 9.17) is 16.0 Å². The molecule has 0 aliphatic carbocycles. The van der Waals surface area contributed by atoms with Gasteiger partial charge in [0.2, 0.25) is 11.8 Å². The summed E-state index contributed by atoms with van der Waals surface area (Å²) >= 11 is 7.87. The van der Waals surface area contributed by atoms with Crippen molar-refractivity contribution in [3.05, 3.63) is 83.7 Å². The lowest BCUT2D eigenvalue weighted by Crippen LogP contribution is -2.01. The summed E-state index contributed by atoms with van der Waals surface area (Å²) in [7, 11) is 0. The quantitative estimate of drug-likeness (QED) is 0.325. The van der Waals surface area contributed by atoms with E-state index >= 15 is 0 Å². The Morgan fingerprint density at radius 2 is 1.66 bits per heavy atom. The molecule has 32 heavy (non-hydrogen) atoms. The van der Waals surface area contributed by atoms with Crippen LogP contribution < -0.4 is 0 Å². The van der Waals surface area contributed by atoms with Gasteiger partial charge in [0.05, 0.1) is 16.5 Å². The number of halogens is 1. The van der Waals surface area contributed by atoms with E-state index in [-0.39, 0.29) is 0 Å². The topological polar surface area (TPSA) is 95.4 Å². The van der Waals surface area contributed by atoms with Gasteiger partial charge in [-0.05, 0) is 37.3 Å². The number of aromatic nitrogens is 7. The first kappa shape index (κ1) is 20.3. The van der Waals surface area contributed by atoms with Crippen molar-refractivity contribution in [1.29, 1.82) is 0 Å². The third-order valence-corrected chi connectivity index (χ3v) is 5.86. The average Bonchev–Trinajstić information content (AvgIpc) is 3.46. The lowest BCUT2D eigenvalue weighted by atomic mass is 10.1. The number of aryl methyl sites for hydroxylation is 1. The van der Waals surface area contributed by atoms with Crippen LogP contribution in [-0.2, 0) is 5.75 Å². The predicted molar refractivity (Wildman–Crippen MR) is 121 cm³/mol. The highest BCUT2D eigenvalue weighted by Crippen LogP contribution is 2.32. The molecule has 158 valence electrons. The van der Waals surface area contributed by atoms with Gasteiger partial charge in [-0.15, -0.1) is 20.4 Å². The fourth-order valence-electron chi connectivity index (χ4n) is 3.07. The molecule has 8 nitrogen and oxygen atoms in total. The third kappa shape index (κ3) is 4.12. The van der Waals surface area contributed by atoms with Crippen LogP contribution in [0.1, 0.15) is 11.5 Å². The van der Waals surface area contributed by atoms with Gasteiger partial charge >= 0.3 is 0 Å². The summed E-state index contributed by atoms with van der Waals surface area (Å²) in [6.07, 6.45) is 6.69. The molecule has 0 N–H and O–H groups in total. The molecule has 5 aromatic rings. The molecule has 0 unspecified atom stereocenters. The summed E-state index contributed by atoms with van der Waals surface area (Å²) in [5, 5.41) is 18.3. The van der Waals surface area contributed by atoms with Gasteiger partial charge in [-0.2, -0.15) is 0 Å². The fourth-order valence-corrected chi connectivity index (χ4v) is 4.05. The van der Waals surface area contributed by atoms with Crippen molar-refractivity contribution in [2.45, 2.75) is 17.8 Å². The number of hydrogen-bond acceptors (Lipinski definition) is 8. The molecule has 10 heteroatoms. The molecule has 4 heterocycles. The molecule has 0 aliphatic rings. The molecule has 0 bridgehead atoms. The van der Waals surface area contributed by atoms with Crippen LogP contribution in [0.2, 0.25) is 5.02 Å². The fraction of sp³-hybridized carbons (Fsp3) is 0.0909. The molecule has 0 amide bonds. The maximum Gasteiger partial charge on any atom is 0.247 e. The number of benzene rings is 1. The van der Waals surface area contributed by atoms with Crippen LogP contribution in [0, 0.1) is 6.92 Å². The third-order valence-electron chi connectivity index (χ3n) is 4.65. The molecule has 0 radical (unpaired) electrons. The summed E-state index contributed by atoms with van der Waals surface area (Å²) in [5.41, 5.74) is 3.65. The van der Waals surface area contributed by atoms with Gasteiger partial charge in [0, 0.05) is 35.9 Å². The van der Waals surface area contributed by atoms with Gasteiger partial charge in [0.15, 0.2) is 11.0 Å². The van der Waals surface area contributed by atoms with Crippen molar-refractivity contribution in [3.63, 3.8) is 0 Å². The lowest BCUT2D eigenvalue weighted by molar-refractivity contribution is 0.528. The van der Waals surface area contributed by atoms with E-state index in [1.54, 1.807) is 24.8 Å². The zero-order valence-corrected chi connectivity index (χ0v) is 18.5. The van der Waals surface area contributed by atoms with E-state index in [1.165, 1.54) is 17.3 Å². The number of hydrogen-bond donors (Lipinski definition) is 0. The van der Waals surface area contributed by atoms with Crippen molar-refractivity contribution in [1.82, 2.24) is 34.9 Å². The van der Waals surface area contributed by atoms with E-state index in [1.807, 2.05) is 54.0 Å². The average molecular weight is 462 g/mol. The van der Waals surface area contributed by atoms with Crippen molar-refractivity contribution < 1.29 is 4.42 Å². The van der Waals surface area contributed by atoms with Crippen LogP contribution in [0.5, 0.6) is 0 Å². The van der Waals surface area contributed by atoms with Crippen LogP contribution in [0.3, 0.4) is 0 Å². The van der Waals surface area contributed by atoms with Gasteiger partial charge < -0.3 is 4.42 Å². The van der Waals surface area contributed by atoms with Crippen LogP contribution in [0.25, 0.3) is 28.5 Å². The molecule has 0 atom stereocenters. The highest BCUT2D eigenvalue weighted by Gasteiger charge is 2.19. The lowest BCUT2D eigenvalue weighted by Gasteiger charge is -2.11. The van der Waals surface area contributed by atoms with Gasteiger partial charge in [0.1, 0.15) is 0 Å². The Balaban J connectivity index is 1.45. The van der Waals surface area contributed by atoms with Crippen molar-refractivity contribution in [2.24, 2.45) is 0 Å². The van der Waals surface area contributed by atoms with E-state index in [9.17, 15) is 0 Å². The highest BCUT2D eigenvalue weighted by molar-refractivity contribution is 7.98. The minimum atomic E-state index is 0.427. The summed E-state index contributed by atoms with van der Waals surface area (Å²) in [5.74, 6) is 2.05. The summed E-state index contributed by atoms with van der Waals surface area (Å²) in [6, 6.07) is 13.5. The van der Waals surface area contributed by atoms with Gasteiger partial charge in [-0.1, -0.05) is 41.1 Å². The maximum atomic E-state index is 6.45. The van der Waals surface area contributed by atoms with Crippen LogP contribution in [-0.4, -0.2) is 34.9 Å². The van der Waals surface area contributed by atoms with E-state index < -0.39 is 0 Å². The highest BCUT2D eigenvalue weighted by atomic mass is 35.5. The Hall–Kier alpha value is -3.56. The summed E-state index contributed by atoms with van der Waals surface area (Å²) in [6.45, 7) is 2.03. The first-order valence-electron chi connectivity index (χ1n) is 9.67. The molecular formula is C22H16ClN7OS. The standard InChI is InChI=1S/C22H16ClN7OS/c1-14-2-4-16(5-3-14)21-28-26-19(31-21)13-32-22-29-27-20(15-6-9-24-10-7-15)30(22)18-8-11-25-12-17(18)23/h2-12H,13H2,1H3. The Kier molecular flexibility index (Phi) is 5.66. The van der Waals surface area contributed by atoms with Gasteiger partial charge in [-0.25, -0.2) is 0 Å². The maximum absolute atomic E-state index is 6.45. The summed E-state index contributed by atoms with van der Waals surface area (Å²) in [4.78, 5) is 8.16. The number of nitrogens with zero attached hydrogens (tertiary/aromatic N) is 7.